The molecular weight excluding hydrogens is 430 g/mol. The summed E-state index contributed by atoms with van der Waals surface area (Å²) in [5, 5.41) is 10.3. The van der Waals surface area contributed by atoms with Gasteiger partial charge in [0, 0.05) is 81.3 Å². The number of nitrogens with zero attached hydrogens (tertiary/aromatic N) is 3. The summed E-state index contributed by atoms with van der Waals surface area (Å²) in [6, 6.07) is 14.7. The van der Waals surface area contributed by atoms with Gasteiger partial charge in [-0.1, -0.05) is 18.2 Å². The normalized spacial score (nSPS) is 16.2. The van der Waals surface area contributed by atoms with Crippen LogP contribution in [0.3, 0.4) is 0 Å². The number of aromatic nitrogens is 2. The van der Waals surface area contributed by atoms with Crippen molar-refractivity contribution >= 4 is 11.9 Å². The maximum Gasteiger partial charge on any atom is 0.300 e. The van der Waals surface area contributed by atoms with Gasteiger partial charge in [0.05, 0.1) is 11.3 Å². The summed E-state index contributed by atoms with van der Waals surface area (Å²) in [6.45, 7) is 7.22. The molecule has 2 aromatic heterocycles. The zero-order valence-corrected chi connectivity index (χ0v) is 19.7. The molecule has 0 aliphatic carbocycles. The van der Waals surface area contributed by atoms with Gasteiger partial charge in [0.25, 0.3) is 11.9 Å². The van der Waals surface area contributed by atoms with E-state index in [1.165, 1.54) is 5.56 Å². The molecule has 0 saturated carbocycles. The second-order valence-electron chi connectivity index (χ2n) is 8.81. The van der Waals surface area contributed by atoms with Gasteiger partial charge in [-0.15, -0.1) is 0 Å². The molecule has 4 heterocycles. The summed E-state index contributed by atoms with van der Waals surface area (Å²) < 4.78 is 0. The average molecular weight is 462 g/mol. The zero-order valence-electron chi connectivity index (χ0n) is 19.7. The number of pyridine rings is 1. The molecule has 8 heteroatoms. The molecule has 178 valence electrons. The number of aliphatic carboxylic acids is 1. The first-order valence-electron chi connectivity index (χ1n) is 11.6. The number of carboxylic acids is 1. The number of aromatic amines is 1. The Balaban J connectivity index is 0.000000636. The highest BCUT2D eigenvalue weighted by molar-refractivity contribution is 5.97. The average Bonchev–Trinajstić information content (AvgIpc) is 3.27. The van der Waals surface area contributed by atoms with Crippen molar-refractivity contribution in [2.24, 2.45) is 0 Å². The molecule has 0 spiro atoms. The van der Waals surface area contributed by atoms with Gasteiger partial charge in [0.15, 0.2) is 0 Å². The molecule has 1 saturated heterocycles. The lowest BCUT2D eigenvalue weighted by molar-refractivity contribution is -0.134. The summed E-state index contributed by atoms with van der Waals surface area (Å²) in [7, 11) is 2.18. The third kappa shape index (κ3) is 5.89. The van der Waals surface area contributed by atoms with Crippen LogP contribution in [0, 0.1) is 0 Å². The van der Waals surface area contributed by atoms with Crippen LogP contribution in [0.4, 0.5) is 0 Å². The molecule has 0 radical (unpaired) electrons. The Kier molecular flexibility index (Phi) is 7.40. The first-order valence-corrected chi connectivity index (χ1v) is 11.6. The Labute approximate surface area is 199 Å². The second kappa shape index (κ2) is 10.6. The van der Waals surface area contributed by atoms with Gasteiger partial charge in [-0.3, -0.25) is 19.5 Å². The topological polar surface area (TPSA) is 102 Å². The van der Waals surface area contributed by atoms with E-state index in [2.05, 4.69) is 62.5 Å². The molecule has 1 aromatic carbocycles. The monoisotopic (exact) mass is 461 g/mol. The number of hydrogen-bond donors (Lipinski definition) is 3. The van der Waals surface area contributed by atoms with Gasteiger partial charge in [-0.25, -0.2) is 0 Å². The molecular formula is C26H31N5O3. The number of amides is 1. The second-order valence-corrected chi connectivity index (χ2v) is 8.81. The van der Waals surface area contributed by atoms with Crippen molar-refractivity contribution in [3.63, 3.8) is 0 Å². The minimum absolute atomic E-state index is 0.00429. The third-order valence-corrected chi connectivity index (χ3v) is 6.10. The highest BCUT2D eigenvalue weighted by Gasteiger charge is 2.20. The molecule has 34 heavy (non-hydrogen) atoms. The van der Waals surface area contributed by atoms with Gasteiger partial charge in [0.2, 0.25) is 0 Å². The SMILES string of the molecule is CC(=O)O.CN1CCN(Cc2cccc(-c3cc(-c4cc5c([nH]4)CCNC5=O)ccn3)c2)CC1. The lowest BCUT2D eigenvalue weighted by Crippen LogP contribution is -2.43. The lowest BCUT2D eigenvalue weighted by Gasteiger charge is -2.32. The summed E-state index contributed by atoms with van der Waals surface area (Å²) >= 11 is 0. The van der Waals surface area contributed by atoms with Crippen LogP contribution in [0.2, 0.25) is 0 Å². The fourth-order valence-corrected chi connectivity index (χ4v) is 4.30. The van der Waals surface area contributed by atoms with Crippen molar-refractivity contribution in [2.45, 2.75) is 19.9 Å². The van der Waals surface area contributed by atoms with Gasteiger partial charge >= 0.3 is 0 Å². The lowest BCUT2D eigenvalue weighted by atomic mass is 10.0. The largest absolute Gasteiger partial charge is 0.481 e. The molecule has 0 atom stereocenters. The number of piperazine rings is 1. The van der Waals surface area contributed by atoms with Crippen LogP contribution in [-0.2, 0) is 17.8 Å². The van der Waals surface area contributed by atoms with E-state index in [0.717, 1.165) is 79.8 Å². The molecule has 2 aliphatic rings. The molecule has 0 bridgehead atoms. The first kappa shape index (κ1) is 23.7. The van der Waals surface area contributed by atoms with Crippen molar-refractivity contribution in [2.75, 3.05) is 39.8 Å². The first-order chi connectivity index (χ1) is 16.4. The van der Waals surface area contributed by atoms with E-state index in [9.17, 15) is 4.79 Å². The zero-order chi connectivity index (χ0) is 24.1. The van der Waals surface area contributed by atoms with Crippen LogP contribution in [0.1, 0.15) is 28.5 Å². The number of benzene rings is 1. The van der Waals surface area contributed by atoms with E-state index in [1.807, 2.05) is 18.3 Å². The predicted octanol–water partition coefficient (Wildman–Crippen LogP) is 2.87. The van der Waals surface area contributed by atoms with E-state index in [1.54, 1.807) is 0 Å². The standard InChI is InChI=1S/C24H27N5O.C2H4O2/c1-28-9-11-29(12-10-28)16-17-3-2-4-18(13-17)22-14-19(5-7-25-22)23-15-20-21(27-23)6-8-26-24(20)30;1-2(3)4/h2-5,7,13-15,27H,6,8-12,16H2,1H3,(H,26,30);1H3,(H,3,4). The number of carbonyl (C=O) groups excluding carboxylic acids is 1. The number of carboxylic acid groups (broad SMARTS) is 1. The summed E-state index contributed by atoms with van der Waals surface area (Å²) in [6.07, 6.45) is 2.69. The minimum Gasteiger partial charge on any atom is -0.481 e. The van der Waals surface area contributed by atoms with Crippen molar-refractivity contribution < 1.29 is 14.7 Å². The Morgan fingerprint density at radius 2 is 1.85 bits per heavy atom. The van der Waals surface area contributed by atoms with Crippen LogP contribution >= 0.6 is 0 Å². The highest BCUT2D eigenvalue weighted by Crippen LogP contribution is 2.27. The van der Waals surface area contributed by atoms with Crippen LogP contribution in [0.5, 0.6) is 0 Å². The Hall–Kier alpha value is -3.49. The number of hydrogen-bond acceptors (Lipinski definition) is 5. The van der Waals surface area contributed by atoms with Crippen LogP contribution in [0.15, 0.2) is 48.7 Å². The van der Waals surface area contributed by atoms with Gasteiger partial charge in [0.1, 0.15) is 0 Å². The van der Waals surface area contributed by atoms with Gasteiger partial charge in [-0.2, -0.15) is 0 Å². The number of fused-ring (bicyclic) bond motifs is 1. The maximum atomic E-state index is 12.1. The molecule has 3 aromatic rings. The fraction of sp³-hybridized carbons (Fsp3) is 0.346. The van der Waals surface area contributed by atoms with E-state index in [4.69, 9.17) is 9.90 Å². The number of H-pyrrole nitrogens is 1. The molecule has 1 amide bonds. The van der Waals surface area contributed by atoms with Crippen LogP contribution < -0.4 is 5.32 Å². The van der Waals surface area contributed by atoms with E-state index >= 15 is 0 Å². The highest BCUT2D eigenvalue weighted by atomic mass is 16.4. The number of rotatable bonds is 4. The fourth-order valence-electron chi connectivity index (χ4n) is 4.30. The summed E-state index contributed by atoms with van der Waals surface area (Å²) in [5.74, 6) is -0.829. The maximum absolute atomic E-state index is 12.1. The van der Waals surface area contributed by atoms with Crippen molar-refractivity contribution in [3.8, 4) is 22.5 Å². The number of carbonyl (C=O) groups is 2. The van der Waals surface area contributed by atoms with Crippen molar-refractivity contribution in [1.29, 1.82) is 0 Å². The summed E-state index contributed by atoms with van der Waals surface area (Å²) in [4.78, 5) is 34.0. The number of likely N-dealkylation sites (N-methyl/N-ethyl adjacent to an activating group) is 1. The van der Waals surface area contributed by atoms with Crippen LogP contribution in [-0.4, -0.2) is 76.5 Å². The Morgan fingerprint density at radius 3 is 2.59 bits per heavy atom. The van der Waals surface area contributed by atoms with E-state index in [-0.39, 0.29) is 5.91 Å². The van der Waals surface area contributed by atoms with Gasteiger partial charge in [-0.05, 0) is 36.9 Å². The van der Waals surface area contributed by atoms with E-state index < -0.39 is 5.97 Å². The van der Waals surface area contributed by atoms with E-state index in [0.29, 0.717) is 6.54 Å². The quantitative estimate of drug-likeness (QED) is 0.552. The van der Waals surface area contributed by atoms with Crippen LogP contribution in [0.25, 0.3) is 22.5 Å². The smallest absolute Gasteiger partial charge is 0.300 e. The predicted molar refractivity (Wildman–Crippen MR) is 132 cm³/mol. The number of nitrogens with one attached hydrogen (secondary N) is 2. The van der Waals surface area contributed by atoms with Crippen molar-refractivity contribution in [1.82, 2.24) is 25.1 Å². The molecule has 3 N–H and O–H groups in total. The minimum atomic E-state index is -0.833. The molecule has 8 nitrogen and oxygen atoms in total. The van der Waals surface area contributed by atoms with Gasteiger partial charge < -0.3 is 20.3 Å². The van der Waals surface area contributed by atoms with Crippen molar-refractivity contribution in [3.05, 3.63) is 65.5 Å². The Bertz CT molecular complexity index is 1160. The summed E-state index contributed by atoms with van der Waals surface area (Å²) in [5.41, 5.74) is 7.17. The molecule has 1 fully saturated rings. The molecule has 5 rings (SSSR count). The third-order valence-electron chi connectivity index (χ3n) is 6.10. The molecule has 0 unspecified atom stereocenters. The Morgan fingerprint density at radius 1 is 1.09 bits per heavy atom. The molecule has 2 aliphatic heterocycles.